The molecule has 3 N–H and O–H groups in total. The summed E-state index contributed by atoms with van der Waals surface area (Å²) in [6.45, 7) is -0.0290. The summed E-state index contributed by atoms with van der Waals surface area (Å²) in [5.74, 6) is 0.554. The first-order valence-electron chi connectivity index (χ1n) is 5.20. The molecule has 8 heteroatoms. The minimum absolute atomic E-state index is 0.0988. The average molecular weight is 271 g/mol. The van der Waals surface area contributed by atoms with Gasteiger partial charge in [-0.15, -0.1) is 0 Å². The summed E-state index contributed by atoms with van der Waals surface area (Å²) in [6, 6.07) is 4.67. The quantitative estimate of drug-likeness (QED) is 0.703. The van der Waals surface area contributed by atoms with Crippen molar-refractivity contribution in [1.82, 2.24) is 4.72 Å². The van der Waals surface area contributed by atoms with Gasteiger partial charge in [0.25, 0.3) is 10.0 Å². The molecule has 0 amide bonds. The predicted octanol–water partition coefficient (Wildman–Crippen LogP) is -0.253. The molecule has 0 aromatic heterocycles. The molecule has 0 spiro atoms. The number of ether oxygens (including phenoxy) is 1. The lowest BCUT2D eigenvalue weighted by Gasteiger charge is -2.21. The Labute approximate surface area is 105 Å². The molecule has 0 aliphatic carbocycles. The molecule has 1 aromatic rings. The molecule has 1 heterocycles. The van der Waals surface area contributed by atoms with Gasteiger partial charge in [-0.05, 0) is 12.1 Å². The number of anilines is 1. The predicted molar refractivity (Wildman–Crippen MR) is 66.3 cm³/mol. The fourth-order valence-electron chi connectivity index (χ4n) is 1.52. The third-order valence-corrected chi connectivity index (χ3v) is 3.71. The molecule has 7 nitrogen and oxygen atoms in total. The van der Waals surface area contributed by atoms with Gasteiger partial charge in [0.05, 0.1) is 25.9 Å². The van der Waals surface area contributed by atoms with Crippen LogP contribution in [-0.2, 0) is 10.0 Å². The molecule has 0 unspecified atom stereocenters. The van der Waals surface area contributed by atoms with Crippen molar-refractivity contribution in [2.24, 2.45) is 4.99 Å². The summed E-state index contributed by atoms with van der Waals surface area (Å²) in [5, 5.41) is 11.5. The van der Waals surface area contributed by atoms with Crippen LogP contribution >= 0.6 is 0 Å². The van der Waals surface area contributed by atoms with Crippen LogP contribution in [0.25, 0.3) is 0 Å². The lowest BCUT2D eigenvalue weighted by atomic mass is 10.3. The van der Waals surface area contributed by atoms with Crippen LogP contribution in [0.3, 0.4) is 0 Å². The van der Waals surface area contributed by atoms with Gasteiger partial charge < -0.3 is 15.2 Å². The number of sulfonamides is 1. The van der Waals surface area contributed by atoms with Crippen molar-refractivity contribution >= 4 is 21.7 Å². The van der Waals surface area contributed by atoms with Gasteiger partial charge in [0.1, 0.15) is 10.6 Å². The van der Waals surface area contributed by atoms with E-state index in [2.05, 4.69) is 15.0 Å². The van der Waals surface area contributed by atoms with Gasteiger partial charge in [-0.25, -0.2) is 18.1 Å². The molecular weight excluding hydrogens is 258 g/mol. The van der Waals surface area contributed by atoms with E-state index in [0.717, 1.165) is 0 Å². The molecule has 0 saturated carbocycles. The van der Waals surface area contributed by atoms with Crippen LogP contribution in [0.5, 0.6) is 5.75 Å². The number of nitrogens with one attached hydrogen (secondary N) is 2. The number of aliphatic hydroxyl groups excluding tert-OH is 1. The first-order valence-corrected chi connectivity index (χ1v) is 6.68. The van der Waals surface area contributed by atoms with E-state index in [1.807, 2.05) is 0 Å². The number of hydrogen-bond donors (Lipinski definition) is 3. The Morgan fingerprint density at radius 1 is 1.44 bits per heavy atom. The number of aliphatic imine (C=N–C) groups is 1. The second-order valence-corrected chi connectivity index (χ2v) is 5.20. The minimum atomic E-state index is -3.66. The number of aliphatic hydroxyl groups is 1. The van der Waals surface area contributed by atoms with Crippen LogP contribution in [0.1, 0.15) is 0 Å². The van der Waals surface area contributed by atoms with Gasteiger partial charge in [-0.2, -0.15) is 0 Å². The number of methoxy groups -OCH3 is 1. The van der Waals surface area contributed by atoms with Crippen molar-refractivity contribution < 1.29 is 18.3 Å². The molecule has 0 radical (unpaired) electrons. The smallest absolute Gasteiger partial charge is 0.266 e. The molecular formula is C10H13N3O4S. The van der Waals surface area contributed by atoms with E-state index < -0.39 is 10.0 Å². The molecule has 1 aliphatic heterocycles. The number of fused-ring (bicyclic) bond motifs is 1. The van der Waals surface area contributed by atoms with Crippen molar-refractivity contribution in [2.45, 2.75) is 4.90 Å². The van der Waals surface area contributed by atoms with Crippen molar-refractivity contribution in [1.29, 1.82) is 0 Å². The molecule has 2 rings (SSSR count). The van der Waals surface area contributed by atoms with Crippen LogP contribution in [0.2, 0.25) is 0 Å². The van der Waals surface area contributed by atoms with Gasteiger partial charge in [-0.1, -0.05) is 0 Å². The summed E-state index contributed by atoms with van der Waals surface area (Å²) in [5.41, 5.74) is 0.422. The Kier molecular flexibility index (Phi) is 3.39. The van der Waals surface area contributed by atoms with Crippen LogP contribution in [0.4, 0.5) is 5.69 Å². The van der Waals surface area contributed by atoms with E-state index in [4.69, 9.17) is 9.84 Å². The lowest BCUT2D eigenvalue weighted by Crippen LogP contribution is -2.40. The van der Waals surface area contributed by atoms with Gasteiger partial charge in [0.2, 0.25) is 5.96 Å². The third kappa shape index (κ3) is 2.39. The molecule has 18 heavy (non-hydrogen) atoms. The van der Waals surface area contributed by atoms with Crippen molar-refractivity contribution in [3.05, 3.63) is 18.2 Å². The van der Waals surface area contributed by atoms with Gasteiger partial charge >= 0.3 is 0 Å². The molecule has 98 valence electrons. The number of rotatable bonds is 3. The Morgan fingerprint density at radius 3 is 2.89 bits per heavy atom. The summed E-state index contributed by atoms with van der Waals surface area (Å²) in [6.07, 6.45) is 0. The second-order valence-electron chi connectivity index (χ2n) is 3.55. The first-order chi connectivity index (χ1) is 8.56. The van der Waals surface area contributed by atoms with Crippen LogP contribution in [0, 0.1) is 0 Å². The molecule has 0 bridgehead atoms. The number of guanidine groups is 1. The zero-order chi connectivity index (χ0) is 13.2. The van der Waals surface area contributed by atoms with E-state index in [9.17, 15) is 8.42 Å². The Bertz CT molecular complexity index is 583. The fraction of sp³-hybridized carbons (Fsp3) is 0.300. The van der Waals surface area contributed by atoms with Crippen molar-refractivity contribution in [3.8, 4) is 5.75 Å². The first kappa shape index (κ1) is 12.7. The Hall–Kier alpha value is -1.80. The second kappa shape index (κ2) is 4.83. The number of benzene rings is 1. The Balaban J connectivity index is 2.43. The third-order valence-electron chi connectivity index (χ3n) is 2.33. The largest absolute Gasteiger partial charge is 0.497 e. The highest BCUT2D eigenvalue weighted by Crippen LogP contribution is 2.28. The topological polar surface area (TPSA) is 100 Å². The van der Waals surface area contributed by atoms with Gasteiger partial charge in [0, 0.05) is 6.07 Å². The van der Waals surface area contributed by atoms with E-state index >= 15 is 0 Å². The highest BCUT2D eigenvalue weighted by molar-refractivity contribution is 7.90. The molecule has 0 atom stereocenters. The van der Waals surface area contributed by atoms with Crippen molar-refractivity contribution in [3.63, 3.8) is 0 Å². The summed E-state index contributed by atoms with van der Waals surface area (Å²) in [4.78, 5) is 3.97. The Morgan fingerprint density at radius 2 is 2.22 bits per heavy atom. The maximum absolute atomic E-state index is 12.0. The normalized spacial score (nSPS) is 18.7. The maximum atomic E-state index is 12.0. The SMILES string of the molecule is COc1ccc2c(c1)S(=O)(=O)NC(=NCCO)N2. The average Bonchev–Trinajstić information content (AvgIpc) is 2.35. The van der Waals surface area contributed by atoms with Crippen molar-refractivity contribution in [2.75, 3.05) is 25.6 Å². The van der Waals surface area contributed by atoms with Crippen LogP contribution in [0.15, 0.2) is 28.1 Å². The fourth-order valence-corrected chi connectivity index (χ4v) is 2.68. The highest BCUT2D eigenvalue weighted by atomic mass is 32.2. The minimum Gasteiger partial charge on any atom is -0.497 e. The van der Waals surface area contributed by atoms with E-state index in [-0.39, 0.29) is 24.0 Å². The molecule has 1 aromatic carbocycles. The summed E-state index contributed by atoms with van der Waals surface area (Å²) < 4.78 is 31.2. The zero-order valence-electron chi connectivity index (χ0n) is 9.67. The van der Waals surface area contributed by atoms with E-state index in [1.165, 1.54) is 13.2 Å². The van der Waals surface area contributed by atoms with Crippen LogP contribution in [-0.4, -0.2) is 39.7 Å². The van der Waals surface area contributed by atoms with Gasteiger partial charge in [-0.3, -0.25) is 0 Å². The zero-order valence-corrected chi connectivity index (χ0v) is 10.5. The van der Waals surface area contributed by atoms with E-state index in [1.54, 1.807) is 12.1 Å². The number of nitrogens with zero attached hydrogens (tertiary/aromatic N) is 1. The number of hydrogen-bond acceptors (Lipinski definition) is 5. The molecule has 0 fully saturated rings. The molecule has 1 aliphatic rings. The summed E-state index contributed by atoms with van der Waals surface area (Å²) in [7, 11) is -2.19. The summed E-state index contributed by atoms with van der Waals surface area (Å²) >= 11 is 0. The standard InChI is InChI=1S/C10H13N3O4S/c1-17-7-2-3-8-9(6-7)18(15,16)13-10(12-8)11-4-5-14/h2-3,6,14H,4-5H2,1H3,(H2,11,12,13). The van der Waals surface area contributed by atoms with Crippen LogP contribution < -0.4 is 14.8 Å². The highest BCUT2D eigenvalue weighted by Gasteiger charge is 2.26. The monoisotopic (exact) mass is 271 g/mol. The maximum Gasteiger partial charge on any atom is 0.266 e. The van der Waals surface area contributed by atoms with E-state index in [0.29, 0.717) is 11.4 Å². The van der Waals surface area contributed by atoms with Gasteiger partial charge in [0.15, 0.2) is 0 Å². The lowest BCUT2D eigenvalue weighted by molar-refractivity contribution is 0.307. The molecule has 0 saturated heterocycles.